The third kappa shape index (κ3) is 4.81. The van der Waals surface area contributed by atoms with Gasteiger partial charge in [-0.25, -0.2) is 9.18 Å². The fraction of sp³-hybridized carbons (Fsp3) is 0.316. The molecule has 0 atom stereocenters. The summed E-state index contributed by atoms with van der Waals surface area (Å²) >= 11 is 0. The van der Waals surface area contributed by atoms with E-state index in [9.17, 15) is 9.18 Å². The van der Waals surface area contributed by atoms with E-state index in [0.717, 1.165) is 35.2 Å². The summed E-state index contributed by atoms with van der Waals surface area (Å²) in [5.74, 6) is -0.253. The van der Waals surface area contributed by atoms with Gasteiger partial charge < -0.3 is 10.6 Å². The van der Waals surface area contributed by atoms with E-state index in [1.165, 1.54) is 12.1 Å². The number of aryl methyl sites for hydroxylation is 2. The normalized spacial score (nSPS) is 10.4. The van der Waals surface area contributed by atoms with Crippen molar-refractivity contribution in [3.05, 3.63) is 65.0 Å². The van der Waals surface area contributed by atoms with Crippen molar-refractivity contribution in [3.63, 3.8) is 0 Å². The van der Waals surface area contributed by atoms with Crippen LogP contribution in [-0.4, -0.2) is 12.6 Å². The lowest BCUT2D eigenvalue weighted by atomic mass is 10.0. The van der Waals surface area contributed by atoms with Gasteiger partial charge in [-0.1, -0.05) is 44.2 Å². The highest BCUT2D eigenvalue weighted by molar-refractivity contribution is 5.91. The van der Waals surface area contributed by atoms with Gasteiger partial charge in [0.25, 0.3) is 0 Å². The minimum atomic E-state index is -0.253. The summed E-state index contributed by atoms with van der Waals surface area (Å²) in [5.41, 5.74) is 4.03. The van der Waals surface area contributed by atoms with Crippen LogP contribution in [-0.2, 0) is 19.3 Å². The van der Waals surface area contributed by atoms with E-state index in [-0.39, 0.29) is 11.8 Å². The van der Waals surface area contributed by atoms with Crippen molar-refractivity contribution < 1.29 is 9.18 Å². The summed E-state index contributed by atoms with van der Waals surface area (Å²) in [4.78, 5) is 12.1. The molecular formula is C19H23FN2O. The lowest BCUT2D eigenvalue weighted by Crippen LogP contribution is -2.31. The van der Waals surface area contributed by atoms with Gasteiger partial charge in [0.1, 0.15) is 5.82 Å². The summed E-state index contributed by atoms with van der Waals surface area (Å²) in [6, 6.07) is 12.3. The van der Waals surface area contributed by atoms with Crippen LogP contribution in [0.4, 0.5) is 14.9 Å². The molecule has 0 aliphatic heterocycles. The van der Waals surface area contributed by atoms with Crippen molar-refractivity contribution in [2.45, 2.75) is 33.1 Å². The minimum absolute atomic E-state index is 0.225. The van der Waals surface area contributed by atoms with E-state index in [0.29, 0.717) is 13.0 Å². The number of nitrogens with one attached hydrogen (secondary N) is 2. The molecule has 2 N–H and O–H groups in total. The van der Waals surface area contributed by atoms with Gasteiger partial charge in [0, 0.05) is 12.2 Å². The molecule has 0 heterocycles. The van der Waals surface area contributed by atoms with Crippen LogP contribution in [0.15, 0.2) is 42.5 Å². The van der Waals surface area contributed by atoms with Gasteiger partial charge in [0.2, 0.25) is 0 Å². The number of rotatable bonds is 6. The van der Waals surface area contributed by atoms with Crippen LogP contribution in [0.1, 0.15) is 30.5 Å². The second kappa shape index (κ2) is 8.32. The molecule has 2 aromatic carbocycles. The molecule has 0 aromatic heterocycles. The largest absolute Gasteiger partial charge is 0.338 e. The highest BCUT2D eigenvalue weighted by atomic mass is 19.1. The van der Waals surface area contributed by atoms with E-state index in [4.69, 9.17) is 0 Å². The number of urea groups is 1. The molecule has 0 radical (unpaired) electrons. The molecule has 0 aliphatic carbocycles. The van der Waals surface area contributed by atoms with Crippen molar-refractivity contribution in [2.24, 2.45) is 0 Å². The first-order chi connectivity index (χ1) is 11.1. The van der Waals surface area contributed by atoms with Crippen LogP contribution < -0.4 is 10.6 Å². The van der Waals surface area contributed by atoms with Crippen LogP contribution in [0.2, 0.25) is 0 Å². The first kappa shape index (κ1) is 17.0. The number of hydrogen-bond donors (Lipinski definition) is 2. The van der Waals surface area contributed by atoms with Gasteiger partial charge in [0.05, 0.1) is 0 Å². The molecule has 0 spiro atoms. The Morgan fingerprint density at radius 2 is 1.70 bits per heavy atom. The molecule has 2 aromatic rings. The van der Waals surface area contributed by atoms with Gasteiger partial charge in [-0.3, -0.25) is 0 Å². The average molecular weight is 314 g/mol. The maximum Gasteiger partial charge on any atom is 0.319 e. The number of benzene rings is 2. The van der Waals surface area contributed by atoms with Crippen LogP contribution >= 0.6 is 0 Å². The van der Waals surface area contributed by atoms with E-state index in [1.807, 2.05) is 24.3 Å². The molecule has 0 saturated heterocycles. The first-order valence-corrected chi connectivity index (χ1v) is 8.04. The molecule has 4 heteroatoms. The van der Waals surface area contributed by atoms with Gasteiger partial charge in [-0.05, 0) is 48.1 Å². The lowest BCUT2D eigenvalue weighted by molar-refractivity contribution is 0.252. The fourth-order valence-electron chi connectivity index (χ4n) is 2.57. The van der Waals surface area contributed by atoms with E-state index in [1.54, 1.807) is 6.07 Å². The van der Waals surface area contributed by atoms with Crippen LogP contribution in [0.25, 0.3) is 0 Å². The van der Waals surface area contributed by atoms with Gasteiger partial charge in [-0.15, -0.1) is 0 Å². The molecule has 0 fully saturated rings. The number of carbonyl (C=O) groups excluding carboxylic acids is 1. The molecule has 122 valence electrons. The van der Waals surface area contributed by atoms with Gasteiger partial charge >= 0.3 is 6.03 Å². The molecule has 0 aliphatic rings. The summed E-state index contributed by atoms with van der Waals surface area (Å²) in [7, 11) is 0. The lowest BCUT2D eigenvalue weighted by Gasteiger charge is -2.15. The maximum absolute atomic E-state index is 13.1. The van der Waals surface area contributed by atoms with Crippen LogP contribution in [0.5, 0.6) is 0 Å². The third-order valence-electron chi connectivity index (χ3n) is 3.83. The van der Waals surface area contributed by atoms with Crippen LogP contribution in [0.3, 0.4) is 0 Å². The molecule has 2 rings (SSSR count). The highest BCUT2D eigenvalue weighted by Crippen LogP contribution is 2.22. The Hall–Kier alpha value is -2.36. The summed E-state index contributed by atoms with van der Waals surface area (Å²) in [6.07, 6.45) is 2.33. The number of carbonyl (C=O) groups is 1. The first-order valence-electron chi connectivity index (χ1n) is 8.04. The van der Waals surface area contributed by atoms with Crippen molar-refractivity contribution in [2.75, 3.05) is 11.9 Å². The number of para-hydroxylation sites is 1. The van der Waals surface area contributed by atoms with Crippen molar-refractivity contribution in [1.29, 1.82) is 0 Å². The SMILES string of the molecule is CCc1cccc(CC)c1NC(=O)NCCc1cccc(F)c1. The topological polar surface area (TPSA) is 41.1 Å². The fourth-order valence-corrected chi connectivity index (χ4v) is 2.57. The Morgan fingerprint density at radius 3 is 2.30 bits per heavy atom. The molecule has 3 nitrogen and oxygen atoms in total. The van der Waals surface area contributed by atoms with Crippen LogP contribution in [0, 0.1) is 5.82 Å². The van der Waals surface area contributed by atoms with E-state index in [2.05, 4.69) is 24.5 Å². The Bertz CT molecular complexity index is 648. The number of amides is 2. The van der Waals surface area contributed by atoms with Gasteiger partial charge in [0.15, 0.2) is 0 Å². The molecule has 23 heavy (non-hydrogen) atoms. The maximum atomic E-state index is 13.1. The van der Waals surface area contributed by atoms with Crippen molar-refractivity contribution in [3.8, 4) is 0 Å². The predicted molar refractivity (Wildman–Crippen MR) is 92.3 cm³/mol. The zero-order chi connectivity index (χ0) is 16.7. The Labute approximate surface area is 136 Å². The number of halogens is 1. The summed E-state index contributed by atoms with van der Waals surface area (Å²) < 4.78 is 13.1. The summed E-state index contributed by atoms with van der Waals surface area (Å²) in [5, 5.41) is 5.78. The van der Waals surface area contributed by atoms with E-state index >= 15 is 0 Å². The Morgan fingerprint density at radius 1 is 1.04 bits per heavy atom. The minimum Gasteiger partial charge on any atom is -0.338 e. The van der Waals surface area contributed by atoms with E-state index < -0.39 is 0 Å². The third-order valence-corrected chi connectivity index (χ3v) is 3.83. The monoisotopic (exact) mass is 314 g/mol. The number of hydrogen-bond acceptors (Lipinski definition) is 1. The smallest absolute Gasteiger partial charge is 0.319 e. The quantitative estimate of drug-likeness (QED) is 0.819. The second-order valence-electron chi connectivity index (χ2n) is 5.42. The molecule has 2 amide bonds. The average Bonchev–Trinajstić information content (AvgIpc) is 2.55. The molecule has 0 bridgehead atoms. The van der Waals surface area contributed by atoms with Crippen molar-refractivity contribution in [1.82, 2.24) is 5.32 Å². The number of anilines is 1. The molecule has 0 saturated carbocycles. The second-order valence-corrected chi connectivity index (χ2v) is 5.42. The highest BCUT2D eigenvalue weighted by Gasteiger charge is 2.09. The Kier molecular flexibility index (Phi) is 6.15. The Balaban J connectivity index is 1.92. The molecule has 0 unspecified atom stereocenters. The molecular weight excluding hydrogens is 291 g/mol. The predicted octanol–water partition coefficient (Wildman–Crippen LogP) is 4.31. The van der Waals surface area contributed by atoms with Crippen molar-refractivity contribution >= 4 is 11.7 Å². The standard InChI is InChI=1S/C19H23FN2O/c1-3-15-8-6-9-16(4-2)18(15)22-19(23)21-12-11-14-7-5-10-17(20)13-14/h5-10,13H,3-4,11-12H2,1-2H3,(H2,21,22,23). The summed E-state index contributed by atoms with van der Waals surface area (Å²) in [6.45, 7) is 4.61. The zero-order valence-corrected chi connectivity index (χ0v) is 13.7. The zero-order valence-electron chi connectivity index (χ0n) is 13.7. The van der Waals surface area contributed by atoms with Gasteiger partial charge in [-0.2, -0.15) is 0 Å².